The Hall–Kier alpha value is -1.46. The molecule has 0 aliphatic heterocycles. The van der Waals surface area contributed by atoms with Crippen molar-refractivity contribution in [1.82, 2.24) is 10.6 Å². The van der Waals surface area contributed by atoms with E-state index >= 15 is 0 Å². The second-order valence-electron chi connectivity index (χ2n) is 5.44. The molecule has 0 radical (unpaired) electrons. The van der Waals surface area contributed by atoms with E-state index in [0.29, 0.717) is 18.1 Å². The Morgan fingerprint density at radius 1 is 1.04 bits per heavy atom. The normalized spacial score (nSPS) is 10.7. The third-order valence-electron chi connectivity index (χ3n) is 3.03. The monoisotopic (exact) mass is 360 g/mol. The number of amides is 2. The smallest absolute Gasteiger partial charge is 0.236 e. The molecule has 1 rings (SSSR count). The molecule has 1 aromatic rings. The highest BCUT2D eigenvalue weighted by atomic mass is 35.5. The number of nitrogens with one attached hydrogen (secondary N) is 2. The molecule has 0 aromatic heterocycles. The van der Waals surface area contributed by atoms with Gasteiger partial charge in [-0.3, -0.25) is 9.59 Å². The number of hydrogen-bond acceptors (Lipinski definition) is 3. The Labute approximate surface area is 146 Å². The number of ether oxygens (including phenoxy) is 1. The van der Waals surface area contributed by atoms with Crippen molar-refractivity contribution in [3.8, 4) is 5.75 Å². The van der Waals surface area contributed by atoms with E-state index in [2.05, 4.69) is 24.5 Å². The Morgan fingerprint density at radius 2 is 1.57 bits per heavy atom. The molecule has 0 aliphatic carbocycles. The highest BCUT2D eigenvalue weighted by Gasteiger charge is 2.16. The van der Waals surface area contributed by atoms with Crippen LogP contribution in [0.4, 0.5) is 0 Å². The molecular weight excluding hydrogens is 339 g/mol. The van der Waals surface area contributed by atoms with Crippen LogP contribution in [0.2, 0.25) is 0 Å². The van der Waals surface area contributed by atoms with Crippen LogP contribution >= 0.6 is 23.2 Å². The fourth-order valence-electron chi connectivity index (χ4n) is 1.77. The van der Waals surface area contributed by atoms with Gasteiger partial charge in [-0.25, -0.2) is 0 Å². The summed E-state index contributed by atoms with van der Waals surface area (Å²) in [5.41, 5.74) is 0.707. The summed E-state index contributed by atoms with van der Waals surface area (Å²) in [5, 5.41) is 5.25. The van der Waals surface area contributed by atoms with E-state index in [1.54, 1.807) is 24.3 Å². The zero-order valence-corrected chi connectivity index (χ0v) is 14.8. The minimum atomic E-state index is -0.683. The van der Waals surface area contributed by atoms with Crippen molar-refractivity contribution in [2.24, 2.45) is 5.92 Å². The summed E-state index contributed by atoms with van der Waals surface area (Å²) in [6.07, 6.45) is 0.291. The van der Waals surface area contributed by atoms with Gasteiger partial charge in [0.2, 0.25) is 11.8 Å². The van der Waals surface area contributed by atoms with Gasteiger partial charge in [0.05, 0.1) is 6.61 Å². The van der Waals surface area contributed by atoms with Gasteiger partial charge < -0.3 is 15.4 Å². The number of hydrogen-bond donors (Lipinski definition) is 2. The fraction of sp³-hybridized carbons (Fsp3) is 0.500. The van der Waals surface area contributed by atoms with E-state index in [1.807, 2.05) is 0 Å². The van der Waals surface area contributed by atoms with Crippen LogP contribution in [0.5, 0.6) is 5.75 Å². The summed E-state index contributed by atoms with van der Waals surface area (Å²) in [7, 11) is 0. The first-order valence-electron chi connectivity index (χ1n) is 7.39. The van der Waals surface area contributed by atoms with Gasteiger partial charge in [0, 0.05) is 0 Å². The van der Waals surface area contributed by atoms with Gasteiger partial charge in [-0.2, -0.15) is 0 Å². The molecule has 0 spiro atoms. The number of carbonyl (C=O) groups is 2. The van der Waals surface area contributed by atoms with E-state index in [0.717, 1.165) is 12.2 Å². The topological polar surface area (TPSA) is 67.4 Å². The number of alkyl halides is 2. The lowest BCUT2D eigenvalue weighted by atomic mass is 10.1. The van der Waals surface area contributed by atoms with Crippen LogP contribution in [-0.2, 0) is 9.59 Å². The van der Waals surface area contributed by atoms with Gasteiger partial charge in [-0.1, -0.05) is 26.0 Å². The number of carbonyl (C=O) groups excluding carboxylic acids is 2. The first-order valence-corrected chi connectivity index (χ1v) is 8.46. The van der Waals surface area contributed by atoms with Gasteiger partial charge in [0.1, 0.15) is 23.7 Å². The Bertz CT molecular complexity index is 489. The van der Waals surface area contributed by atoms with Crippen molar-refractivity contribution in [2.75, 3.05) is 18.4 Å². The Balaban J connectivity index is 2.73. The second-order valence-corrected chi connectivity index (χ2v) is 5.97. The molecule has 0 fully saturated rings. The fourth-order valence-corrected chi connectivity index (χ4v) is 1.93. The molecule has 128 valence electrons. The van der Waals surface area contributed by atoms with E-state index in [-0.39, 0.29) is 23.6 Å². The molecule has 5 nitrogen and oxygen atoms in total. The number of rotatable bonds is 9. The minimum Gasteiger partial charge on any atom is -0.494 e. The summed E-state index contributed by atoms with van der Waals surface area (Å²) in [6.45, 7) is 4.92. The largest absolute Gasteiger partial charge is 0.494 e. The van der Waals surface area contributed by atoms with Crippen LogP contribution in [0.25, 0.3) is 0 Å². The van der Waals surface area contributed by atoms with Crippen molar-refractivity contribution >= 4 is 35.0 Å². The zero-order valence-electron chi connectivity index (χ0n) is 13.3. The van der Waals surface area contributed by atoms with E-state index < -0.39 is 6.17 Å². The zero-order chi connectivity index (χ0) is 17.2. The highest BCUT2D eigenvalue weighted by molar-refractivity contribution is 6.27. The molecule has 7 heteroatoms. The van der Waals surface area contributed by atoms with Crippen LogP contribution in [0.1, 0.15) is 32.0 Å². The molecule has 0 aliphatic rings. The van der Waals surface area contributed by atoms with Gasteiger partial charge in [0.15, 0.2) is 0 Å². The van der Waals surface area contributed by atoms with E-state index in [1.165, 1.54) is 0 Å². The highest BCUT2D eigenvalue weighted by Crippen LogP contribution is 2.17. The standard InChI is InChI=1S/C16H22Cl2N2O3/c1-11(2)7-8-23-13-5-3-12(4-6-13)16(19-14(21)9-17)20-15(22)10-18/h3-6,11,16H,7-10H2,1-2H3,(H,19,21)(H,20,22). The van der Waals surface area contributed by atoms with E-state index in [4.69, 9.17) is 27.9 Å². The maximum atomic E-state index is 11.5. The first-order chi connectivity index (χ1) is 11.0. The van der Waals surface area contributed by atoms with Crippen LogP contribution in [0, 0.1) is 5.92 Å². The van der Waals surface area contributed by atoms with Crippen molar-refractivity contribution in [3.05, 3.63) is 29.8 Å². The molecule has 1 aromatic carbocycles. The van der Waals surface area contributed by atoms with Crippen molar-refractivity contribution < 1.29 is 14.3 Å². The molecular formula is C16H22Cl2N2O3. The molecule has 2 amide bonds. The minimum absolute atomic E-state index is 0.191. The third-order valence-corrected chi connectivity index (χ3v) is 3.52. The summed E-state index contributed by atoms with van der Waals surface area (Å²) in [4.78, 5) is 23.0. The molecule has 0 bridgehead atoms. The predicted octanol–water partition coefficient (Wildman–Crippen LogP) is 2.82. The van der Waals surface area contributed by atoms with Crippen molar-refractivity contribution in [1.29, 1.82) is 0 Å². The van der Waals surface area contributed by atoms with Crippen LogP contribution in [0.3, 0.4) is 0 Å². The predicted molar refractivity (Wildman–Crippen MR) is 91.9 cm³/mol. The summed E-state index contributed by atoms with van der Waals surface area (Å²) >= 11 is 11.0. The molecule has 0 atom stereocenters. The van der Waals surface area contributed by atoms with Crippen LogP contribution in [0.15, 0.2) is 24.3 Å². The second kappa shape index (κ2) is 10.3. The first kappa shape index (κ1) is 19.6. The van der Waals surface area contributed by atoms with Gasteiger partial charge in [-0.15, -0.1) is 23.2 Å². The number of benzene rings is 1. The molecule has 2 N–H and O–H groups in total. The lowest BCUT2D eigenvalue weighted by Crippen LogP contribution is -2.42. The maximum Gasteiger partial charge on any atom is 0.236 e. The van der Waals surface area contributed by atoms with Crippen LogP contribution in [-0.4, -0.2) is 30.2 Å². The molecule has 0 saturated carbocycles. The van der Waals surface area contributed by atoms with Gasteiger partial charge in [-0.05, 0) is 30.0 Å². The SMILES string of the molecule is CC(C)CCOc1ccc(C(NC(=O)CCl)NC(=O)CCl)cc1. The van der Waals surface area contributed by atoms with E-state index in [9.17, 15) is 9.59 Å². The lowest BCUT2D eigenvalue weighted by Gasteiger charge is -2.20. The van der Waals surface area contributed by atoms with Gasteiger partial charge >= 0.3 is 0 Å². The molecule has 23 heavy (non-hydrogen) atoms. The Kier molecular flexibility index (Phi) is 8.81. The third kappa shape index (κ3) is 7.57. The van der Waals surface area contributed by atoms with Gasteiger partial charge in [0.25, 0.3) is 0 Å². The molecule has 0 unspecified atom stereocenters. The Morgan fingerprint density at radius 3 is 2.00 bits per heavy atom. The van der Waals surface area contributed by atoms with Crippen molar-refractivity contribution in [3.63, 3.8) is 0 Å². The summed E-state index contributed by atoms with van der Waals surface area (Å²) in [5.74, 6) is 0.163. The lowest BCUT2D eigenvalue weighted by molar-refractivity contribution is -0.122. The van der Waals surface area contributed by atoms with Crippen LogP contribution < -0.4 is 15.4 Å². The maximum absolute atomic E-state index is 11.5. The van der Waals surface area contributed by atoms with Crippen molar-refractivity contribution in [2.45, 2.75) is 26.4 Å². The summed E-state index contributed by atoms with van der Waals surface area (Å²) in [6, 6.07) is 7.14. The number of halogens is 2. The quantitative estimate of drug-likeness (QED) is 0.525. The molecule has 0 heterocycles. The average molecular weight is 361 g/mol. The molecule has 0 saturated heterocycles. The summed E-state index contributed by atoms with van der Waals surface area (Å²) < 4.78 is 5.64. The average Bonchev–Trinajstić information content (AvgIpc) is 2.54.